The first-order valence-corrected chi connectivity index (χ1v) is 15.7. The number of amides is 2. The van der Waals surface area contributed by atoms with Crippen LogP contribution in [0.1, 0.15) is 26.2 Å². The van der Waals surface area contributed by atoms with Crippen LogP contribution < -0.4 is 19.9 Å². The third-order valence-electron chi connectivity index (χ3n) is 7.76. The lowest BCUT2D eigenvalue weighted by atomic mass is 10.1. The minimum Gasteiger partial charge on any atom is -0.494 e. The summed E-state index contributed by atoms with van der Waals surface area (Å²) in [5, 5.41) is 3.92. The summed E-state index contributed by atoms with van der Waals surface area (Å²) < 4.78 is 5.63. The van der Waals surface area contributed by atoms with Crippen molar-refractivity contribution in [2.45, 2.75) is 32.2 Å². The molecule has 2 amide bonds. The van der Waals surface area contributed by atoms with Gasteiger partial charge in [-0.2, -0.15) is 0 Å². The van der Waals surface area contributed by atoms with E-state index in [-0.39, 0.29) is 18.2 Å². The molecule has 5 rings (SSSR count). The highest BCUT2D eigenvalue weighted by Gasteiger charge is 2.44. The number of nitrogens with zero attached hydrogens (tertiary/aromatic N) is 4. The Balaban J connectivity index is 1.21. The normalized spacial score (nSPS) is 17.4. The van der Waals surface area contributed by atoms with Crippen LogP contribution in [0.3, 0.4) is 0 Å². The Morgan fingerprint density at radius 3 is 2.30 bits per heavy atom. The molecule has 3 aromatic carbocycles. The van der Waals surface area contributed by atoms with E-state index in [4.69, 9.17) is 28.6 Å². The van der Waals surface area contributed by atoms with Gasteiger partial charge in [0.25, 0.3) is 5.91 Å². The van der Waals surface area contributed by atoms with E-state index >= 15 is 0 Å². The van der Waals surface area contributed by atoms with E-state index in [2.05, 4.69) is 46.3 Å². The summed E-state index contributed by atoms with van der Waals surface area (Å²) in [6.45, 7) is 8.06. The van der Waals surface area contributed by atoms with Crippen molar-refractivity contribution < 1.29 is 14.3 Å². The van der Waals surface area contributed by atoms with Crippen LogP contribution >= 0.6 is 23.8 Å². The van der Waals surface area contributed by atoms with Crippen LogP contribution in [0.4, 0.5) is 17.1 Å². The number of thiocarbonyl (C=S) groups is 1. The largest absolute Gasteiger partial charge is 0.494 e. The van der Waals surface area contributed by atoms with Crippen molar-refractivity contribution in [1.82, 2.24) is 9.80 Å². The number of ether oxygens (including phenoxy) is 1. The summed E-state index contributed by atoms with van der Waals surface area (Å²) in [6.07, 6.45) is 1.74. The van der Waals surface area contributed by atoms with Crippen molar-refractivity contribution in [1.29, 1.82) is 0 Å². The van der Waals surface area contributed by atoms with Crippen LogP contribution in [0, 0.1) is 0 Å². The van der Waals surface area contributed by atoms with Crippen molar-refractivity contribution in [3.8, 4) is 5.75 Å². The van der Waals surface area contributed by atoms with E-state index in [1.54, 1.807) is 36.4 Å². The summed E-state index contributed by atoms with van der Waals surface area (Å²) in [6, 6.07) is 24.1. The number of carbonyl (C=O) groups is 2. The molecule has 2 aliphatic heterocycles. The van der Waals surface area contributed by atoms with Gasteiger partial charge in [0.2, 0.25) is 5.91 Å². The number of hydrogen-bond acceptors (Lipinski definition) is 6. The van der Waals surface area contributed by atoms with Crippen LogP contribution in [0.25, 0.3) is 0 Å². The summed E-state index contributed by atoms with van der Waals surface area (Å²) in [7, 11) is 0. The maximum absolute atomic E-state index is 13.7. The first kappa shape index (κ1) is 30.8. The van der Waals surface area contributed by atoms with Gasteiger partial charge in [0, 0.05) is 49.1 Å². The molecule has 0 aliphatic carbocycles. The zero-order valence-corrected chi connectivity index (χ0v) is 26.0. The molecule has 0 unspecified atom stereocenters. The van der Waals surface area contributed by atoms with E-state index < -0.39 is 6.04 Å². The van der Waals surface area contributed by atoms with Gasteiger partial charge in [0.15, 0.2) is 5.11 Å². The highest BCUT2D eigenvalue weighted by molar-refractivity contribution is 7.80. The molecule has 0 bridgehead atoms. The zero-order valence-electron chi connectivity index (χ0n) is 24.5. The minimum absolute atomic E-state index is 0.00704. The van der Waals surface area contributed by atoms with Crippen LogP contribution in [0.2, 0.25) is 5.02 Å². The highest BCUT2D eigenvalue weighted by atomic mass is 35.5. The first-order valence-electron chi connectivity index (χ1n) is 14.9. The van der Waals surface area contributed by atoms with Gasteiger partial charge in [-0.1, -0.05) is 36.7 Å². The highest BCUT2D eigenvalue weighted by Crippen LogP contribution is 2.29. The topological polar surface area (TPSA) is 68.4 Å². The van der Waals surface area contributed by atoms with Crippen LogP contribution in [-0.2, 0) is 9.59 Å². The Morgan fingerprint density at radius 1 is 0.930 bits per heavy atom. The van der Waals surface area contributed by atoms with Gasteiger partial charge in [-0.25, -0.2) is 0 Å². The molecule has 2 heterocycles. The summed E-state index contributed by atoms with van der Waals surface area (Å²) >= 11 is 11.9. The number of nitrogens with one attached hydrogen (secondary N) is 1. The van der Waals surface area contributed by atoms with Gasteiger partial charge in [0.05, 0.1) is 18.7 Å². The van der Waals surface area contributed by atoms with Crippen molar-refractivity contribution in [2.24, 2.45) is 0 Å². The molecule has 0 saturated carbocycles. The molecule has 0 radical (unpaired) electrons. The molecule has 1 N–H and O–H groups in total. The first-order chi connectivity index (χ1) is 20.9. The second-order valence-corrected chi connectivity index (χ2v) is 11.6. The molecule has 0 spiro atoms. The number of piperazine rings is 1. The Hall–Kier alpha value is -3.66. The second kappa shape index (κ2) is 14.7. The number of benzene rings is 3. The summed E-state index contributed by atoms with van der Waals surface area (Å²) in [5.41, 5.74) is 2.55. The molecule has 0 aromatic heterocycles. The lowest BCUT2D eigenvalue weighted by Gasteiger charge is -2.36. The number of halogens is 1. The molecule has 8 nitrogen and oxygen atoms in total. The standard InChI is InChI=1S/C33H38ClN5O3S/c1-2-23-42-29-15-11-26(12-16-29)35-31(40)24-30-32(41)39(28-13-9-25(34)10-14-28)33(43)38(30)18-6-17-36-19-21-37(22-20-36)27-7-4-3-5-8-27/h3-5,7-16,30H,2,6,17-24H2,1H3,(H,35,40)/t30-/m0/s1. The third-order valence-corrected chi connectivity index (χ3v) is 8.43. The van der Waals surface area contributed by atoms with Crippen LogP contribution in [0.15, 0.2) is 78.9 Å². The zero-order chi connectivity index (χ0) is 30.2. The third kappa shape index (κ3) is 7.84. The van der Waals surface area contributed by atoms with Gasteiger partial charge in [0.1, 0.15) is 11.8 Å². The minimum atomic E-state index is -0.690. The molecule has 226 valence electrons. The van der Waals surface area contributed by atoms with E-state index in [0.717, 1.165) is 51.3 Å². The molecule has 3 aromatic rings. The molecule has 2 aliphatic rings. The fourth-order valence-electron chi connectivity index (χ4n) is 5.49. The number of carbonyl (C=O) groups excluding carboxylic acids is 2. The predicted molar refractivity (Wildman–Crippen MR) is 177 cm³/mol. The fourth-order valence-corrected chi connectivity index (χ4v) is 6.03. The van der Waals surface area contributed by atoms with E-state index in [9.17, 15) is 9.59 Å². The average Bonchev–Trinajstić information content (AvgIpc) is 3.25. The van der Waals surface area contributed by atoms with Crippen molar-refractivity contribution in [2.75, 3.05) is 61.0 Å². The second-order valence-electron chi connectivity index (χ2n) is 10.8. The monoisotopic (exact) mass is 619 g/mol. The van der Waals surface area contributed by atoms with Crippen molar-refractivity contribution in [3.63, 3.8) is 0 Å². The molecule has 43 heavy (non-hydrogen) atoms. The molecular formula is C33H38ClN5O3S. The lowest BCUT2D eigenvalue weighted by Crippen LogP contribution is -2.47. The Labute approximate surface area is 264 Å². The molecule has 1 atom stereocenters. The van der Waals surface area contributed by atoms with Gasteiger partial charge in [-0.3, -0.25) is 19.4 Å². The Kier molecular flexibility index (Phi) is 10.5. The van der Waals surface area contributed by atoms with Crippen LogP contribution in [-0.4, -0.2) is 78.6 Å². The number of anilines is 3. The smallest absolute Gasteiger partial charge is 0.256 e. The molecule has 2 fully saturated rings. The maximum Gasteiger partial charge on any atom is 0.256 e. The number of para-hydroxylation sites is 1. The van der Waals surface area contributed by atoms with Gasteiger partial charge < -0.3 is 19.9 Å². The van der Waals surface area contributed by atoms with E-state index in [0.29, 0.717) is 34.7 Å². The van der Waals surface area contributed by atoms with Gasteiger partial charge in [-0.05, 0) is 92.3 Å². The predicted octanol–water partition coefficient (Wildman–Crippen LogP) is 5.67. The number of hydrogen-bond donors (Lipinski definition) is 1. The quantitative estimate of drug-likeness (QED) is 0.262. The fraction of sp³-hybridized carbons (Fsp3) is 0.364. The van der Waals surface area contributed by atoms with Crippen LogP contribution in [0.5, 0.6) is 5.75 Å². The average molecular weight is 620 g/mol. The molecule has 2 saturated heterocycles. The Morgan fingerprint density at radius 2 is 1.63 bits per heavy atom. The summed E-state index contributed by atoms with van der Waals surface area (Å²) in [5.74, 6) is 0.299. The summed E-state index contributed by atoms with van der Waals surface area (Å²) in [4.78, 5) is 35.2. The molecule has 10 heteroatoms. The van der Waals surface area contributed by atoms with E-state index in [1.807, 2.05) is 23.1 Å². The van der Waals surface area contributed by atoms with Crippen molar-refractivity contribution in [3.05, 3.63) is 83.9 Å². The van der Waals surface area contributed by atoms with Crippen molar-refractivity contribution >= 4 is 57.8 Å². The SMILES string of the molecule is CCCOc1ccc(NC(=O)C[C@H]2C(=O)N(c3ccc(Cl)cc3)C(=S)N2CCCN2CCN(c3ccccc3)CC2)cc1. The van der Waals surface area contributed by atoms with Gasteiger partial charge in [-0.15, -0.1) is 0 Å². The van der Waals surface area contributed by atoms with Gasteiger partial charge >= 0.3 is 0 Å². The van der Waals surface area contributed by atoms with E-state index in [1.165, 1.54) is 10.6 Å². The molecular weight excluding hydrogens is 582 g/mol. The lowest BCUT2D eigenvalue weighted by molar-refractivity contribution is -0.124. The Bertz CT molecular complexity index is 1380. The maximum atomic E-state index is 13.7. The number of rotatable bonds is 12.